The van der Waals surface area contributed by atoms with Crippen molar-refractivity contribution in [1.82, 2.24) is 5.32 Å². The van der Waals surface area contributed by atoms with E-state index in [0.717, 1.165) is 33.8 Å². The van der Waals surface area contributed by atoms with Crippen LogP contribution in [0.5, 0.6) is 0 Å². The topological polar surface area (TPSA) is 49.4 Å². The molecule has 21 heavy (non-hydrogen) atoms. The predicted molar refractivity (Wildman–Crippen MR) is 87.4 cm³/mol. The number of hydrogen-bond donors (Lipinski definition) is 1. The van der Waals surface area contributed by atoms with Gasteiger partial charge in [0.1, 0.15) is 0 Å². The molecule has 3 rings (SSSR count). The smallest absolute Gasteiger partial charge is 0.290 e. The van der Waals surface area contributed by atoms with Crippen LogP contribution in [0.3, 0.4) is 0 Å². The van der Waals surface area contributed by atoms with Gasteiger partial charge in [0.25, 0.3) is 11.1 Å². The molecule has 0 spiro atoms. The van der Waals surface area contributed by atoms with Gasteiger partial charge < -0.3 is 4.90 Å². The molecule has 1 heterocycles. The van der Waals surface area contributed by atoms with Crippen molar-refractivity contribution in [2.24, 2.45) is 0 Å². The minimum absolute atomic E-state index is 0.319. The molecule has 1 N–H and O–H groups in total. The van der Waals surface area contributed by atoms with Crippen LogP contribution >= 0.6 is 11.8 Å². The predicted octanol–water partition coefficient (Wildman–Crippen LogP) is 3.23. The Morgan fingerprint density at radius 2 is 1.76 bits per heavy atom. The normalized spacial score (nSPS) is 16.6. The molecule has 2 aromatic rings. The summed E-state index contributed by atoms with van der Waals surface area (Å²) in [6.45, 7) is 0. The fraction of sp³-hybridized carbons (Fsp3) is 0.125. The molecule has 0 unspecified atom stereocenters. The van der Waals surface area contributed by atoms with E-state index in [1.165, 1.54) is 0 Å². The lowest BCUT2D eigenvalue weighted by atomic mass is 10.0. The van der Waals surface area contributed by atoms with Crippen molar-refractivity contribution in [2.75, 3.05) is 19.0 Å². The number of amides is 2. The van der Waals surface area contributed by atoms with Gasteiger partial charge in [0, 0.05) is 25.2 Å². The molecule has 1 aliphatic rings. The Morgan fingerprint density at radius 3 is 2.38 bits per heavy atom. The molecule has 1 saturated heterocycles. The molecule has 106 valence electrons. The second-order valence-electron chi connectivity index (χ2n) is 4.97. The van der Waals surface area contributed by atoms with Crippen molar-refractivity contribution in [3.8, 4) is 0 Å². The van der Waals surface area contributed by atoms with Gasteiger partial charge in [0.15, 0.2) is 0 Å². The maximum absolute atomic E-state index is 11.7. The molecule has 1 aliphatic heterocycles. The van der Waals surface area contributed by atoms with Crippen LogP contribution in [0, 0.1) is 0 Å². The fourth-order valence-electron chi connectivity index (χ4n) is 2.38. The van der Waals surface area contributed by atoms with Crippen LogP contribution < -0.4 is 10.2 Å². The van der Waals surface area contributed by atoms with Crippen LogP contribution in [0.25, 0.3) is 16.8 Å². The summed E-state index contributed by atoms with van der Waals surface area (Å²) in [5, 5.41) is 4.13. The van der Waals surface area contributed by atoms with Gasteiger partial charge in [-0.3, -0.25) is 14.9 Å². The second kappa shape index (κ2) is 5.26. The number of nitrogens with one attached hydrogen (secondary N) is 1. The Labute approximate surface area is 126 Å². The molecule has 0 bridgehead atoms. The Kier molecular flexibility index (Phi) is 3.43. The number of thioether (sulfide) groups is 1. The number of nitrogens with zero attached hydrogens (tertiary/aromatic N) is 1. The minimum Gasteiger partial charge on any atom is -0.377 e. The van der Waals surface area contributed by atoms with E-state index in [1.54, 1.807) is 6.08 Å². The number of benzene rings is 2. The van der Waals surface area contributed by atoms with Crippen molar-refractivity contribution < 1.29 is 9.59 Å². The first kappa shape index (κ1) is 13.7. The van der Waals surface area contributed by atoms with Crippen LogP contribution in [0.4, 0.5) is 10.5 Å². The van der Waals surface area contributed by atoms with Crippen molar-refractivity contribution in [1.29, 1.82) is 0 Å². The van der Waals surface area contributed by atoms with E-state index in [0.29, 0.717) is 4.91 Å². The van der Waals surface area contributed by atoms with Gasteiger partial charge in [-0.1, -0.05) is 30.3 Å². The summed E-state index contributed by atoms with van der Waals surface area (Å²) in [6.07, 6.45) is 1.77. The lowest BCUT2D eigenvalue weighted by Crippen LogP contribution is -2.17. The molecule has 0 aromatic heterocycles. The van der Waals surface area contributed by atoms with E-state index in [4.69, 9.17) is 0 Å². The van der Waals surface area contributed by atoms with Crippen LogP contribution in [-0.2, 0) is 4.79 Å². The van der Waals surface area contributed by atoms with E-state index >= 15 is 0 Å². The standard InChI is InChI=1S/C16H14N2O2S/c1-18(2)13-8-7-10(11-5-3-4-6-12(11)13)9-14-15(19)17-16(20)21-14/h3-9H,1-2H3,(H,17,19,20). The van der Waals surface area contributed by atoms with E-state index in [1.807, 2.05) is 44.4 Å². The fourth-order valence-corrected chi connectivity index (χ4v) is 3.06. The molecule has 2 aromatic carbocycles. The number of carbonyl (C=O) groups excluding carboxylic acids is 2. The van der Waals surface area contributed by atoms with Crippen LogP contribution in [0.15, 0.2) is 41.3 Å². The molecule has 0 radical (unpaired) electrons. The maximum atomic E-state index is 11.7. The number of hydrogen-bond acceptors (Lipinski definition) is 4. The number of fused-ring (bicyclic) bond motifs is 1. The summed E-state index contributed by atoms with van der Waals surface area (Å²) in [5.74, 6) is -0.328. The van der Waals surface area contributed by atoms with Crippen LogP contribution in [0.1, 0.15) is 5.56 Å². The third-order valence-electron chi connectivity index (χ3n) is 3.35. The first-order valence-electron chi connectivity index (χ1n) is 6.50. The van der Waals surface area contributed by atoms with E-state index < -0.39 is 0 Å². The van der Waals surface area contributed by atoms with Crippen LogP contribution in [-0.4, -0.2) is 25.2 Å². The van der Waals surface area contributed by atoms with Gasteiger partial charge in [-0.2, -0.15) is 0 Å². The summed E-state index contributed by atoms with van der Waals surface area (Å²) >= 11 is 0.939. The highest BCUT2D eigenvalue weighted by molar-refractivity contribution is 8.18. The number of carbonyl (C=O) groups is 2. The van der Waals surface area contributed by atoms with Crippen molar-refractivity contribution in [3.05, 3.63) is 46.9 Å². The summed E-state index contributed by atoms with van der Waals surface area (Å²) in [4.78, 5) is 25.4. The molecule has 0 aliphatic carbocycles. The molecule has 1 fully saturated rings. The molecular formula is C16H14N2O2S. The van der Waals surface area contributed by atoms with Gasteiger partial charge in [-0.15, -0.1) is 0 Å². The molecule has 0 atom stereocenters. The Balaban J connectivity index is 2.17. The zero-order valence-corrected chi connectivity index (χ0v) is 12.5. The monoisotopic (exact) mass is 298 g/mol. The lowest BCUT2D eigenvalue weighted by Gasteiger charge is -2.16. The number of imide groups is 1. The second-order valence-corrected chi connectivity index (χ2v) is 5.98. The van der Waals surface area contributed by atoms with E-state index in [-0.39, 0.29) is 11.1 Å². The third-order valence-corrected chi connectivity index (χ3v) is 4.16. The SMILES string of the molecule is CN(C)c1ccc(C=C2SC(=O)NC2=O)c2ccccc12. The highest BCUT2D eigenvalue weighted by Crippen LogP contribution is 2.32. The molecular weight excluding hydrogens is 284 g/mol. The number of anilines is 1. The minimum atomic E-state index is -0.328. The Bertz CT molecular complexity index is 781. The van der Waals surface area contributed by atoms with Gasteiger partial charge in [0.05, 0.1) is 4.91 Å². The average Bonchev–Trinajstić information content (AvgIpc) is 2.77. The quantitative estimate of drug-likeness (QED) is 0.865. The first-order chi connectivity index (χ1) is 10.1. The Morgan fingerprint density at radius 1 is 1.05 bits per heavy atom. The summed E-state index contributed by atoms with van der Waals surface area (Å²) < 4.78 is 0. The first-order valence-corrected chi connectivity index (χ1v) is 7.32. The molecule has 5 heteroatoms. The van der Waals surface area contributed by atoms with E-state index in [2.05, 4.69) is 16.3 Å². The van der Waals surface area contributed by atoms with Crippen LogP contribution in [0.2, 0.25) is 0 Å². The van der Waals surface area contributed by atoms with Gasteiger partial charge in [-0.25, -0.2) is 0 Å². The van der Waals surface area contributed by atoms with Crippen molar-refractivity contribution in [3.63, 3.8) is 0 Å². The summed E-state index contributed by atoms with van der Waals surface area (Å²) in [6, 6.07) is 12.0. The lowest BCUT2D eigenvalue weighted by molar-refractivity contribution is -0.115. The highest BCUT2D eigenvalue weighted by Gasteiger charge is 2.25. The van der Waals surface area contributed by atoms with Crippen molar-refractivity contribution in [2.45, 2.75) is 0 Å². The molecule has 0 saturated carbocycles. The maximum Gasteiger partial charge on any atom is 0.290 e. The summed E-state index contributed by atoms with van der Waals surface area (Å²) in [7, 11) is 4.00. The Hall–Kier alpha value is -2.27. The average molecular weight is 298 g/mol. The zero-order valence-electron chi connectivity index (χ0n) is 11.7. The van der Waals surface area contributed by atoms with Crippen molar-refractivity contribution >= 4 is 45.4 Å². The zero-order chi connectivity index (χ0) is 15.0. The highest BCUT2D eigenvalue weighted by atomic mass is 32.2. The molecule has 4 nitrogen and oxygen atoms in total. The third kappa shape index (κ3) is 2.52. The van der Waals surface area contributed by atoms with Gasteiger partial charge in [0.2, 0.25) is 0 Å². The number of rotatable bonds is 2. The van der Waals surface area contributed by atoms with E-state index in [9.17, 15) is 9.59 Å². The summed E-state index contributed by atoms with van der Waals surface area (Å²) in [5.41, 5.74) is 2.05. The largest absolute Gasteiger partial charge is 0.377 e. The van der Waals surface area contributed by atoms with Gasteiger partial charge in [-0.05, 0) is 34.9 Å². The molecule has 2 amide bonds. The van der Waals surface area contributed by atoms with Gasteiger partial charge >= 0.3 is 0 Å².